The van der Waals surface area contributed by atoms with E-state index in [2.05, 4.69) is 29.1 Å². The van der Waals surface area contributed by atoms with Gasteiger partial charge in [0.05, 0.1) is 5.52 Å². The van der Waals surface area contributed by atoms with Gasteiger partial charge in [-0.05, 0) is 59.4 Å². The van der Waals surface area contributed by atoms with Gasteiger partial charge in [-0.3, -0.25) is 9.78 Å². The Hall–Kier alpha value is -3.47. The lowest BCUT2D eigenvalue weighted by Crippen LogP contribution is -2.33. The van der Waals surface area contributed by atoms with Crippen LogP contribution in [0, 0.1) is 11.2 Å². The molecule has 1 aliphatic heterocycles. The van der Waals surface area contributed by atoms with E-state index in [9.17, 15) is 9.18 Å². The van der Waals surface area contributed by atoms with Crippen molar-refractivity contribution in [3.63, 3.8) is 0 Å². The van der Waals surface area contributed by atoms with Crippen LogP contribution in [0.4, 0.5) is 10.1 Å². The lowest BCUT2D eigenvalue weighted by Gasteiger charge is -2.39. The highest BCUT2D eigenvalue weighted by molar-refractivity contribution is 6.05. The highest BCUT2D eigenvalue weighted by Gasteiger charge is 2.41. The predicted molar refractivity (Wildman–Crippen MR) is 121 cm³/mol. The molecule has 154 valence electrons. The molecule has 6 rings (SSSR count). The zero-order valence-electron chi connectivity index (χ0n) is 17.4. The van der Waals surface area contributed by atoms with Crippen LogP contribution in [0.1, 0.15) is 43.7 Å². The SMILES string of the molecule is CC1(C)CC(=O)C2=C(C1)Nc1ccc3ncccc3c1C2c1c[nH]c2ccc(F)cc12. The highest BCUT2D eigenvalue weighted by Crippen LogP contribution is 2.51. The molecule has 2 aliphatic rings. The largest absolute Gasteiger partial charge is 0.361 e. The van der Waals surface area contributed by atoms with Gasteiger partial charge in [-0.1, -0.05) is 19.9 Å². The number of benzene rings is 2. The molecule has 4 nitrogen and oxygen atoms in total. The molecule has 0 bridgehead atoms. The van der Waals surface area contributed by atoms with Crippen molar-refractivity contribution in [1.82, 2.24) is 9.97 Å². The number of halogens is 1. The zero-order valence-corrected chi connectivity index (χ0v) is 17.4. The third-order valence-electron chi connectivity index (χ3n) is 6.60. The number of ketones is 1. The fourth-order valence-corrected chi connectivity index (χ4v) is 5.35. The number of aromatic amines is 1. The molecule has 31 heavy (non-hydrogen) atoms. The topological polar surface area (TPSA) is 57.8 Å². The lowest BCUT2D eigenvalue weighted by atomic mass is 9.68. The summed E-state index contributed by atoms with van der Waals surface area (Å²) in [5, 5.41) is 5.39. The van der Waals surface area contributed by atoms with Crippen LogP contribution in [0.5, 0.6) is 0 Å². The maximum Gasteiger partial charge on any atom is 0.162 e. The van der Waals surface area contributed by atoms with E-state index in [-0.39, 0.29) is 22.9 Å². The van der Waals surface area contributed by atoms with E-state index >= 15 is 0 Å². The van der Waals surface area contributed by atoms with Gasteiger partial charge < -0.3 is 10.3 Å². The number of fused-ring (bicyclic) bond motifs is 4. The molecule has 5 heteroatoms. The van der Waals surface area contributed by atoms with E-state index in [4.69, 9.17) is 0 Å². The Bertz CT molecular complexity index is 1430. The maximum absolute atomic E-state index is 14.2. The molecule has 0 amide bonds. The van der Waals surface area contributed by atoms with Gasteiger partial charge in [0.25, 0.3) is 0 Å². The third kappa shape index (κ3) is 2.73. The van der Waals surface area contributed by atoms with Crippen LogP contribution in [-0.2, 0) is 4.79 Å². The van der Waals surface area contributed by atoms with E-state index in [0.29, 0.717) is 6.42 Å². The summed E-state index contributed by atoms with van der Waals surface area (Å²) in [5.41, 5.74) is 6.36. The van der Waals surface area contributed by atoms with Crippen LogP contribution in [0.3, 0.4) is 0 Å². The Kier molecular flexibility index (Phi) is 3.70. The molecule has 3 heterocycles. The maximum atomic E-state index is 14.2. The highest BCUT2D eigenvalue weighted by atomic mass is 19.1. The molecule has 4 aromatic rings. The molecular weight excluding hydrogens is 389 g/mol. The number of hydrogen-bond acceptors (Lipinski definition) is 3. The number of anilines is 1. The van der Waals surface area contributed by atoms with Crippen LogP contribution in [0.15, 0.2) is 66.1 Å². The number of hydrogen-bond donors (Lipinski definition) is 2. The van der Waals surface area contributed by atoms with Gasteiger partial charge >= 0.3 is 0 Å². The average molecular weight is 411 g/mol. The Balaban J connectivity index is 1.70. The monoisotopic (exact) mass is 411 g/mol. The molecular formula is C26H22FN3O. The number of pyridine rings is 1. The van der Waals surface area contributed by atoms with Crippen LogP contribution in [0.2, 0.25) is 0 Å². The summed E-state index contributed by atoms with van der Waals surface area (Å²) >= 11 is 0. The standard InChI is InChI=1S/C26H22FN3O/c1-26(2)11-21-25(22(31)12-26)24(17-13-29-19-6-5-14(27)10-16(17)19)23-15-4-3-9-28-18(15)7-8-20(23)30-21/h3-10,13,24,29-30H,11-12H2,1-2H3. The fraction of sp³-hybridized carbons (Fsp3) is 0.231. The Morgan fingerprint density at radius 1 is 1.10 bits per heavy atom. The van der Waals surface area contributed by atoms with Gasteiger partial charge in [-0.15, -0.1) is 0 Å². The quantitative estimate of drug-likeness (QED) is 0.400. The number of allylic oxidation sites excluding steroid dienone is 2. The van der Waals surface area contributed by atoms with Crippen molar-refractivity contribution in [3.05, 3.63) is 83.1 Å². The third-order valence-corrected chi connectivity index (χ3v) is 6.60. The van der Waals surface area contributed by atoms with Crippen molar-refractivity contribution < 1.29 is 9.18 Å². The number of Topliss-reactive ketones (excluding diaryl/α,β-unsaturated/α-hetero) is 1. The summed E-state index contributed by atoms with van der Waals surface area (Å²) in [4.78, 5) is 21.3. The number of carbonyl (C=O) groups is 1. The summed E-state index contributed by atoms with van der Waals surface area (Å²) < 4.78 is 14.2. The molecule has 1 atom stereocenters. The second kappa shape index (κ2) is 6.27. The Morgan fingerprint density at radius 2 is 1.97 bits per heavy atom. The van der Waals surface area contributed by atoms with Gasteiger partial charge in [0.15, 0.2) is 5.78 Å². The summed E-state index contributed by atoms with van der Waals surface area (Å²) in [5.74, 6) is -0.410. The molecule has 2 aromatic heterocycles. The van der Waals surface area contributed by atoms with E-state index in [1.807, 2.05) is 30.5 Å². The molecule has 1 aliphatic carbocycles. The minimum Gasteiger partial charge on any atom is -0.361 e. The summed E-state index contributed by atoms with van der Waals surface area (Å²) in [6, 6.07) is 12.8. The summed E-state index contributed by atoms with van der Waals surface area (Å²) in [6.07, 6.45) is 5.00. The van der Waals surface area contributed by atoms with E-state index in [1.165, 1.54) is 6.07 Å². The number of rotatable bonds is 1. The van der Waals surface area contributed by atoms with E-state index in [1.54, 1.807) is 18.3 Å². The average Bonchev–Trinajstić information content (AvgIpc) is 3.14. The van der Waals surface area contributed by atoms with Crippen molar-refractivity contribution in [2.45, 2.75) is 32.6 Å². The van der Waals surface area contributed by atoms with E-state index in [0.717, 1.165) is 56.3 Å². The summed E-state index contributed by atoms with van der Waals surface area (Å²) in [6.45, 7) is 4.26. The van der Waals surface area contributed by atoms with Gasteiger partial charge in [0.2, 0.25) is 0 Å². The number of nitrogens with one attached hydrogen (secondary N) is 2. The van der Waals surface area contributed by atoms with Crippen molar-refractivity contribution in [2.75, 3.05) is 5.32 Å². The van der Waals surface area contributed by atoms with Crippen molar-refractivity contribution >= 4 is 33.3 Å². The predicted octanol–water partition coefficient (Wildman–Crippen LogP) is 6.06. The Labute approximate surface area is 179 Å². The molecule has 0 fully saturated rings. The minimum atomic E-state index is -0.285. The van der Waals surface area contributed by atoms with Crippen molar-refractivity contribution in [3.8, 4) is 0 Å². The van der Waals surface area contributed by atoms with Gasteiger partial charge in [-0.25, -0.2) is 4.39 Å². The van der Waals surface area contributed by atoms with Crippen molar-refractivity contribution in [1.29, 1.82) is 0 Å². The number of nitrogens with zero attached hydrogens (tertiary/aromatic N) is 1. The van der Waals surface area contributed by atoms with Gasteiger partial charge in [-0.2, -0.15) is 0 Å². The molecule has 0 saturated heterocycles. The molecule has 2 aromatic carbocycles. The van der Waals surface area contributed by atoms with E-state index < -0.39 is 0 Å². The molecule has 2 N–H and O–H groups in total. The zero-order chi connectivity index (χ0) is 21.3. The van der Waals surface area contributed by atoms with Crippen LogP contribution in [0.25, 0.3) is 21.8 Å². The second-order valence-corrected chi connectivity index (χ2v) is 9.42. The van der Waals surface area contributed by atoms with Crippen LogP contribution < -0.4 is 5.32 Å². The van der Waals surface area contributed by atoms with Gasteiger partial charge in [0.1, 0.15) is 5.82 Å². The minimum absolute atomic E-state index is 0.101. The first-order valence-electron chi connectivity index (χ1n) is 10.6. The number of aromatic nitrogens is 2. The molecule has 0 radical (unpaired) electrons. The first kappa shape index (κ1) is 18.3. The molecule has 0 spiro atoms. The second-order valence-electron chi connectivity index (χ2n) is 9.42. The smallest absolute Gasteiger partial charge is 0.162 e. The number of H-pyrrole nitrogens is 1. The first-order valence-corrected chi connectivity index (χ1v) is 10.6. The number of carbonyl (C=O) groups excluding carboxylic acids is 1. The van der Waals surface area contributed by atoms with Crippen molar-refractivity contribution in [2.24, 2.45) is 5.41 Å². The first-order chi connectivity index (χ1) is 14.9. The fourth-order valence-electron chi connectivity index (χ4n) is 5.35. The summed E-state index contributed by atoms with van der Waals surface area (Å²) in [7, 11) is 0. The van der Waals surface area contributed by atoms with Gasteiger partial charge in [0, 0.05) is 58.0 Å². The molecule has 0 saturated carbocycles. The normalized spacial score (nSPS) is 20.0. The molecule has 1 unspecified atom stereocenters. The van der Waals surface area contributed by atoms with Crippen LogP contribution in [-0.4, -0.2) is 15.8 Å². The Morgan fingerprint density at radius 3 is 2.84 bits per heavy atom. The lowest BCUT2D eigenvalue weighted by molar-refractivity contribution is -0.118. The van der Waals surface area contributed by atoms with Crippen LogP contribution >= 0.6 is 0 Å².